The Morgan fingerprint density at radius 1 is 1.29 bits per heavy atom. The van der Waals surface area contributed by atoms with Gasteiger partial charge in [0.05, 0.1) is 7.11 Å². The Kier molecular flexibility index (Phi) is 3.92. The molecule has 2 atom stereocenters. The Balaban J connectivity index is 2.27. The number of carbonyl (C=O) groups excluding carboxylic acids is 1. The number of hydrogen-bond donors (Lipinski definition) is 1. The molecule has 1 aliphatic rings. The van der Waals surface area contributed by atoms with E-state index in [1.54, 1.807) is 0 Å². The number of aliphatic carboxylic acids is 1. The molecule has 80 valence electrons. The molecule has 0 aromatic heterocycles. The number of carboxylic acids is 1. The second kappa shape index (κ2) is 4.98. The molecule has 4 heteroatoms. The molecule has 1 rings (SSSR count). The summed E-state index contributed by atoms with van der Waals surface area (Å²) in [7, 11) is 1.38. The van der Waals surface area contributed by atoms with E-state index in [0.29, 0.717) is 12.3 Å². The summed E-state index contributed by atoms with van der Waals surface area (Å²) in [5.74, 6) is -0.353. The van der Waals surface area contributed by atoms with Crippen molar-refractivity contribution >= 4 is 11.9 Å². The number of carboxylic acid groups (broad SMARTS) is 1. The van der Waals surface area contributed by atoms with Crippen molar-refractivity contribution in [3.05, 3.63) is 0 Å². The molecule has 0 saturated heterocycles. The first-order chi connectivity index (χ1) is 6.61. The van der Waals surface area contributed by atoms with Gasteiger partial charge in [-0.3, -0.25) is 9.59 Å². The Labute approximate surface area is 83.2 Å². The highest BCUT2D eigenvalue weighted by atomic mass is 16.5. The van der Waals surface area contributed by atoms with Crippen LogP contribution in [0.4, 0.5) is 0 Å². The van der Waals surface area contributed by atoms with Crippen LogP contribution in [0.5, 0.6) is 0 Å². The summed E-state index contributed by atoms with van der Waals surface area (Å²) in [5.41, 5.74) is 0. The second-order valence-electron chi connectivity index (χ2n) is 3.92. The van der Waals surface area contributed by atoms with Crippen molar-refractivity contribution < 1.29 is 19.4 Å². The highest BCUT2D eigenvalue weighted by Gasteiger charge is 2.27. The molecule has 1 N–H and O–H groups in total. The number of methoxy groups -OCH3 is 1. The van der Waals surface area contributed by atoms with Gasteiger partial charge in [-0.1, -0.05) is 0 Å². The van der Waals surface area contributed by atoms with Gasteiger partial charge in [0.1, 0.15) is 0 Å². The van der Waals surface area contributed by atoms with Crippen molar-refractivity contribution in [2.75, 3.05) is 7.11 Å². The normalized spacial score (nSPS) is 26.1. The van der Waals surface area contributed by atoms with Gasteiger partial charge in [0.15, 0.2) is 0 Å². The molecule has 4 nitrogen and oxygen atoms in total. The number of hydrogen-bond acceptors (Lipinski definition) is 3. The maximum atomic E-state index is 11.0. The molecule has 1 saturated carbocycles. The average Bonchev–Trinajstić information content (AvgIpc) is 2.51. The minimum Gasteiger partial charge on any atom is -0.481 e. The smallest absolute Gasteiger partial charge is 0.305 e. The van der Waals surface area contributed by atoms with Crippen LogP contribution in [0.25, 0.3) is 0 Å². The van der Waals surface area contributed by atoms with Crippen molar-refractivity contribution in [3.8, 4) is 0 Å². The zero-order valence-corrected chi connectivity index (χ0v) is 8.36. The van der Waals surface area contributed by atoms with Crippen LogP contribution in [0, 0.1) is 11.8 Å². The summed E-state index contributed by atoms with van der Waals surface area (Å²) < 4.78 is 4.57. The predicted octanol–water partition coefficient (Wildman–Crippen LogP) is 1.44. The monoisotopic (exact) mass is 200 g/mol. The van der Waals surface area contributed by atoms with Gasteiger partial charge in [-0.25, -0.2) is 0 Å². The molecular formula is C10H16O4. The summed E-state index contributed by atoms with van der Waals surface area (Å²) in [4.78, 5) is 21.4. The fourth-order valence-corrected chi connectivity index (χ4v) is 2.12. The van der Waals surface area contributed by atoms with E-state index in [-0.39, 0.29) is 18.3 Å². The SMILES string of the molecule is COC(=O)CC1CCC(CC(=O)O)C1. The lowest BCUT2D eigenvalue weighted by Gasteiger charge is -2.07. The van der Waals surface area contributed by atoms with Gasteiger partial charge < -0.3 is 9.84 Å². The van der Waals surface area contributed by atoms with Gasteiger partial charge in [-0.15, -0.1) is 0 Å². The lowest BCUT2D eigenvalue weighted by Crippen LogP contribution is -2.08. The molecule has 14 heavy (non-hydrogen) atoms. The Hall–Kier alpha value is -1.06. The summed E-state index contributed by atoms with van der Waals surface area (Å²) in [6, 6.07) is 0. The third-order valence-corrected chi connectivity index (χ3v) is 2.80. The van der Waals surface area contributed by atoms with E-state index in [4.69, 9.17) is 5.11 Å². The maximum Gasteiger partial charge on any atom is 0.305 e. The quantitative estimate of drug-likeness (QED) is 0.697. The van der Waals surface area contributed by atoms with Gasteiger partial charge in [-0.05, 0) is 31.1 Å². The highest BCUT2D eigenvalue weighted by Crippen LogP contribution is 2.35. The molecule has 0 heterocycles. The number of rotatable bonds is 4. The first-order valence-corrected chi connectivity index (χ1v) is 4.90. The Morgan fingerprint density at radius 2 is 1.86 bits per heavy atom. The molecular weight excluding hydrogens is 184 g/mol. The molecule has 0 aromatic carbocycles. The van der Waals surface area contributed by atoms with Gasteiger partial charge in [0.25, 0.3) is 0 Å². The average molecular weight is 200 g/mol. The topological polar surface area (TPSA) is 63.6 Å². The molecule has 0 aromatic rings. The molecule has 0 aliphatic heterocycles. The zero-order valence-electron chi connectivity index (χ0n) is 8.36. The fourth-order valence-electron chi connectivity index (χ4n) is 2.12. The van der Waals surface area contributed by atoms with E-state index >= 15 is 0 Å². The van der Waals surface area contributed by atoms with E-state index in [2.05, 4.69) is 4.74 Å². The minimum atomic E-state index is -0.742. The van der Waals surface area contributed by atoms with Crippen molar-refractivity contribution in [1.82, 2.24) is 0 Å². The van der Waals surface area contributed by atoms with Crippen LogP contribution in [0.1, 0.15) is 32.1 Å². The summed E-state index contributed by atoms with van der Waals surface area (Å²) >= 11 is 0. The van der Waals surface area contributed by atoms with E-state index < -0.39 is 5.97 Å². The Morgan fingerprint density at radius 3 is 2.36 bits per heavy atom. The summed E-state index contributed by atoms with van der Waals surface area (Å²) in [6.45, 7) is 0. The highest BCUT2D eigenvalue weighted by molar-refractivity contribution is 5.69. The maximum absolute atomic E-state index is 11.0. The summed E-state index contributed by atoms with van der Waals surface area (Å²) in [5, 5.41) is 8.60. The number of carbonyl (C=O) groups is 2. The van der Waals surface area contributed by atoms with Crippen molar-refractivity contribution in [3.63, 3.8) is 0 Å². The molecule has 0 bridgehead atoms. The van der Waals surface area contributed by atoms with Crippen LogP contribution >= 0.6 is 0 Å². The third kappa shape index (κ3) is 3.36. The van der Waals surface area contributed by atoms with Crippen molar-refractivity contribution in [2.24, 2.45) is 11.8 Å². The van der Waals surface area contributed by atoms with Crippen molar-refractivity contribution in [1.29, 1.82) is 0 Å². The molecule has 0 spiro atoms. The van der Waals surface area contributed by atoms with Gasteiger partial charge in [-0.2, -0.15) is 0 Å². The fraction of sp³-hybridized carbons (Fsp3) is 0.800. The lowest BCUT2D eigenvalue weighted by atomic mass is 10.00. The van der Waals surface area contributed by atoms with E-state index in [1.807, 2.05) is 0 Å². The van der Waals surface area contributed by atoms with E-state index in [9.17, 15) is 9.59 Å². The standard InChI is InChI=1S/C10H16O4/c1-14-10(13)6-8-3-2-7(4-8)5-9(11)12/h7-8H,2-6H2,1H3,(H,11,12). The van der Waals surface area contributed by atoms with Crippen LogP contribution < -0.4 is 0 Å². The van der Waals surface area contributed by atoms with Crippen LogP contribution in [0.2, 0.25) is 0 Å². The van der Waals surface area contributed by atoms with Gasteiger partial charge in [0, 0.05) is 12.8 Å². The van der Waals surface area contributed by atoms with E-state index in [1.165, 1.54) is 7.11 Å². The second-order valence-corrected chi connectivity index (χ2v) is 3.92. The molecule has 1 aliphatic carbocycles. The molecule has 0 radical (unpaired) electrons. The number of ether oxygens (including phenoxy) is 1. The minimum absolute atomic E-state index is 0.189. The molecule has 0 amide bonds. The Bertz CT molecular complexity index is 224. The predicted molar refractivity (Wildman–Crippen MR) is 49.7 cm³/mol. The first-order valence-electron chi connectivity index (χ1n) is 4.90. The zero-order chi connectivity index (χ0) is 10.6. The van der Waals surface area contributed by atoms with Crippen LogP contribution in [0.15, 0.2) is 0 Å². The lowest BCUT2D eigenvalue weighted by molar-refractivity contribution is -0.141. The van der Waals surface area contributed by atoms with Gasteiger partial charge >= 0.3 is 11.9 Å². The first kappa shape index (κ1) is 11.0. The van der Waals surface area contributed by atoms with Crippen LogP contribution in [-0.4, -0.2) is 24.2 Å². The molecule has 2 unspecified atom stereocenters. The van der Waals surface area contributed by atoms with Gasteiger partial charge in [0.2, 0.25) is 0 Å². The van der Waals surface area contributed by atoms with Crippen molar-refractivity contribution in [2.45, 2.75) is 32.1 Å². The van der Waals surface area contributed by atoms with E-state index in [0.717, 1.165) is 19.3 Å². The third-order valence-electron chi connectivity index (χ3n) is 2.80. The largest absolute Gasteiger partial charge is 0.481 e. The number of esters is 1. The van der Waals surface area contributed by atoms with Crippen LogP contribution in [0.3, 0.4) is 0 Å². The molecule has 1 fully saturated rings. The summed E-state index contributed by atoms with van der Waals surface area (Å²) in [6.07, 6.45) is 3.40. The van der Waals surface area contributed by atoms with Crippen LogP contribution in [-0.2, 0) is 14.3 Å².